The van der Waals surface area contributed by atoms with Crippen molar-refractivity contribution >= 4 is 29.9 Å². The Bertz CT molecular complexity index is 389. The summed E-state index contributed by atoms with van der Waals surface area (Å²) in [5, 5.41) is 7.28. The van der Waals surface area contributed by atoms with Gasteiger partial charge < -0.3 is 11.1 Å². The fourth-order valence-corrected chi connectivity index (χ4v) is 2.11. The molecule has 0 bridgehead atoms. The molecule has 0 aliphatic heterocycles. The minimum Gasteiger partial charge on any atom is -0.370 e. The van der Waals surface area contributed by atoms with Gasteiger partial charge >= 0.3 is 0 Å². The Morgan fingerprint density at radius 3 is 2.67 bits per heavy atom. The van der Waals surface area contributed by atoms with Gasteiger partial charge in [-0.2, -0.15) is 5.10 Å². The van der Waals surface area contributed by atoms with E-state index in [4.69, 9.17) is 5.73 Å². The van der Waals surface area contributed by atoms with Crippen LogP contribution in [0.15, 0.2) is 17.3 Å². The summed E-state index contributed by atoms with van der Waals surface area (Å²) >= 11 is 0. The summed E-state index contributed by atoms with van der Waals surface area (Å²) < 4.78 is 1.88. The van der Waals surface area contributed by atoms with Crippen LogP contribution >= 0.6 is 24.0 Å². The van der Waals surface area contributed by atoms with Gasteiger partial charge in [0.2, 0.25) is 0 Å². The van der Waals surface area contributed by atoms with E-state index in [-0.39, 0.29) is 24.0 Å². The smallest absolute Gasteiger partial charge is 0.188 e. The molecule has 0 aliphatic rings. The molecule has 1 rings (SSSR count). The molecule has 0 fully saturated rings. The van der Waals surface area contributed by atoms with E-state index in [0.717, 1.165) is 25.9 Å². The number of halogens is 1. The average molecular weight is 407 g/mol. The van der Waals surface area contributed by atoms with Crippen molar-refractivity contribution in [3.05, 3.63) is 18.0 Å². The third-order valence-electron chi connectivity index (χ3n) is 3.40. The molecular formula is C15H30IN5. The van der Waals surface area contributed by atoms with Gasteiger partial charge in [-0.3, -0.25) is 9.67 Å². The third-order valence-corrected chi connectivity index (χ3v) is 3.40. The summed E-state index contributed by atoms with van der Waals surface area (Å²) in [5.41, 5.74) is 7.03. The molecule has 21 heavy (non-hydrogen) atoms. The van der Waals surface area contributed by atoms with Gasteiger partial charge in [0.05, 0.1) is 0 Å². The number of hydrogen-bond acceptors (Lipinski definition) is 2. The summed E-state index contributed by atoms with van der Waals surface area (Å²) in [4.78, 5) is 4.34. The molecule has 0 unspecified atom stereocenters. The predicted octanol–water partition coefficient (Wildman–Crippen LogP) is 2.85. The number of unbranched alkanes of at least 4 members (excludes halogenated alkanes) is 5. The lowest BCUT2D eigenvalue weighted by atomic mass is 10.1. The van der Waals surface area contributed by atoms with E-state index in [1.54, 1.807) is 0 Å². The molecule has 0 aliphatic carbocycles. The molecule has 0 atom stereocenters. The van der Waals surface area contributed by atoms with Gasteiger partial charge in [-0.25, -0.2) is 0 Å². The maximum absolute atomic E-state index is 5.83. The highest BCUT2D eigenvalue weighted by molar-refractivity contribution is 14.0. The molecule has 0 saturated heterocycles. The summed E-state index contributed by atoms with van der Waals surface area (Å²) in [7, 11) is 1.95. The van der Waals surface area contributed by atoms with Crippen molar-refractivity contribution in [3.8, 4) is 0 Å². The van der Waals surface area contributed by atoms with Gasteiger partial charge in [-0.1, -0.05) is 39.0 Å². The number of nitrogens with two attached hydrogens (primary N) is 1. The zero-order chi connectivity index (χ0) is 14.6. The van der Waals surface area contributed by atoms with Gasteiger partial charge in [0, 0.05) is 38.4 Å². The standard InChI is InChI=1S/C15H29N5.HI/c1-3-4-5-6-7-8-11-17-15(16)18-12-9-14-10-13-19-20(14)2;/h10,13H,3-9,11-12H2,1-2H3,(H3,16,17,18);1H. The second-order valence-corrected chi connectivity index (χ2v) is 5.16. The van der Waals surface area contributed by atoms with E-state index in [0.29, 0.717) is 5.96 Å². The van der Waals surface area contributed by atoms with Gasteiger partial charge in [0.1, 0.15) is 0 Å². The van der Waals surface area contributed by atoms with Crippen LogP contribution in [0.4, 0.5) is 0 Å². The molecule has 3 N–H and O–H groups in total. The number of aryl methyl sites for hydroxylation is 1. The average Bonchev–Trinajstić information content (AvgIpc) is 2.83. The first kappa shape index (κ1) is 20.2. The fourth-order valence-electron chi connectivity index (χ4n) is 2.11. The molecule has 0 amide bonds. The van der Waals surface area contributed by atoms with Gasteiger partial charge in [-0.05, 0) is 12.5 Å². The highest BCUT2D eigenvalue weighted by Crippen LogP contribution is 2.04. The molecular weight excluding hydrogens is 377 g/mol. The second kappa shape index (κ2) is 12.9. The Hall–Kier alpha value is -0.790. The number of guanidine groups is 1. The Balaban J connectivity index is 0.00000400. The van der Waals surface area contributed by atoms with E-state index < -0.39 is 0 Å². The SMILES string of the molecule is CCCCCCCCN=C(N)NCCc1ccnn1C.I. The third kappa shape index (κ3) is 9.71. The zero-order valence-corrected chi connectivity index (χ0v) is 15.7. The summed E-state index contributed by atoms with van der Waals surface area (Å²) in [6.07, 6.45) is 10.4. The van der Waals surface area contributed by atoms with Crippen LogP contribution in [-0.4, -0.2) is 28.8 Å². The molecule has 1 aromatic heterocycles. The number of nitrogens with zero attached hydrogens (tertiary/aromatic N) is 3. The van der Waals surface area contributed by atoms with Crippen molar-refractivity contribution in [3.63, 3.8) is 0 Å². The number of aliphatic imine (C=N–C) groups is 1. The molecule has 1 heterocycles. The van der Waals surface area contributed by atoms with Crippen molar-refractivity contribution in [2.24, 2.45) is 17.8 Å². The topological polar surface area (TPSA) is 68.2 Å². The monoisotopic (exact) mass is 407 g/mol. The van der Waals surface area contributed by atoms with E-state index in [9.17, 15) is 0 Å². The summed E-state index contributed by atoms with van der Waals surface area (Å²) in [6.45, 7) is 3.87. The van der Waals surface area contributed by atoms with Crippen molar-refractivity contribution in [1.29, 1.82) is 0 Å². The Kier molecular flexibility index (Phi) is 12.4. The maximum atomic E-state index is 5.83. The van der Waals surface area contributed by atoms with Crippen LogP contribution < -0.4 is 11.1 Å². The Morgan fingerprint density at radius 1 is 1.29 bits per heavy atom. The van der Waals surface area contributed by atoms with Crippen LogP contribution in [0.2, 0.25) is 0 Å². The van der Waals surface area contributed by atoms with Gasteiger partial charge in [0.25, 0.3) is 0 Å². The Morgan fingerprint density at radius 2 is 2.00 bits per heavy atom. The van der Waals surface area contributed by atoms with E-state index in [1.807, 2.05) is 24.0 Å². The number of hydrogen-bond donors (Lipinski definition) is 2. The van der Waals surface area contributed by atoms with E-state index in [2.05, 4.69) is 22.3 Å². The molecule has 0 radical (unpaired) electrons. The number of rotatable bonds is 10. The molecule has 0 aromatic carbocycles. The van der Waals surface area contributed by atoms with Crippen LogP contribution in [0.3, 0.4) is 0 Å². The largest absolute Gasteiger partial charge is 0.370 e. The predicted molar refractivity (Wildman–Crippen MR) is 100 cm³/mol. The van der Waals surface area contributed by atoms with Crippen molar-refractivity contribution in [2.75, 3.05) is 13.1 Å². The first-order valence-corrected chi connectivity index (χ1v) is 7.74. The maximum Gasteiger partial charge on any atom is 0.188 e. The van der Waals surface area contributed by atoms with E-state index in [1.165, 1.54) is 37.8 Å². The normalized spacial score (nSPS) is 11.2. The van der Waals surface area contributed by atoms with Gasteiger partial charge in [-0.15, -0.1) is 24.0 Å². The Labute approximate surface area is 145 Å². The first-order chi connectivity index (χ1) is 9.74. The molecule has 0 spiro atoms. The van der Waals surface area contributed by atoms with Crippen molar-refractivity contribution in [2.45, 2.75) is 51.9 Å². The highest BCUT2D eigenvalue weighted by atomic mass is 127. The second-order valence-electron chi connectivity index (χ2n) is 5.16. The summed E-state index contributed by atoms with van der Waals surface area (Å²) in [6, 6.07) is 2.02. The lowest BCUT2D eigenvalue weighted by molar-refractivity contribution is 0.611. The van der Waals surface area contributed by atoms with Crippen molar-refractivity contribution in [1.82, 2.24) is 15.1 Å². The van der Waals surface area contributed by atoms with Crippen LogP contribution in [0.1, 0.15) is 51.1 Å². The molecule has 122 valence electrons. The lowest BCUT2D eigenvalue weighted by Crippen LogP contribution is -2.33. The zero-order valence-electron chi connectivity index (χ0n) is 13.3. The van der Waals surface area contributed by atoms with Crippen LogP contribution in [-0.2, 0) is 13.5 Å². The summed E-state index contributed by atoms with van der Waals surface area (Å²) in [5.74, 6) is 0.556. The van der Waals surface area contributed by atoms with Crippen LogP contribution in [0.5, 0.6) is 0 Å². The quantitative estimate of drug-likeness (QED) is 0.271. The van der Waals surface area contributed by atoms with Crippen LogP contribution in [0.25, 0.3) is 0 Å². The molecule has 0 saturated carbocycles. The fraction of sp³-hybridized carbons (Fsp3) is 0.733. The highest BCUT2D eigenvalue weighted by Gasteiger charge is 1.98. The minimum atomic E-state index is 0. The lowest BCUT2D eigenvalue weighted by Gasteiger charge is -2.06. The molecule has 6 heteroatoms. The minimum absolute atomic E-state index is 0. The van der Waals surface area contributed by atoms with E-state index >= 15 is 0 Å². The number of aromatic nitrogens is 2. The molecule has 1 aromatic rings. The van der Waals surface area contributed by atoms with Gasteiger partial charge in [0.15, 0.2) is 5.96 Å². The number of nitrogens with one attached hydrogen (secondary N) is 1. The van der Waals surface area contributed by atoms with Crippen molar-refractivity contribution < 1.29 is 0 Å². The van der Waals surface area contributed by atoms with Crippen LogP contribution in [0, 0.1) is 0 Å². The first-order valence-electron chi connectivity index (χ1n) is 7.74. The molecule has 5 nitrogen and oxygen atoms in total.